The Morgan fingerprint density at radius 3 is 3.00 bits per heavy atom. The van der Waals surface area contributed by atoms with Gasteiger partial charge in [-0.2, -0.15) is 4.98 Å². The van der Waals surface area contributed by atoms with E-state index >= 15 is 0 Å². The van der Waals surface area contributed by atoms with Gasteiger partial charge in [0.1, 0.15) is 11.5 Å². The molecule has 6 heteroatoms. The van der Waals surface area contributed by atoms with Gasteiger partial charge in [0.2, 0.25) is 0 Å². The molecule has 0 spiro atoms. The lowest BCUT2D eigenvalue weighted by Gasteiger charge is -1.93. The van der Waals surface area contributed by atoms with Gasteiger partial charge in [-0.3, -0.25) is 0 Å². The molecule has 0 aromatic carbocycles. The van der Waals surface area contributed by atoms with Crippen molar-refractivity contribution in [2.75, 3.05) is 0 Å². The van der Waals surface area contributed by atoms with Gasteiger partial charge in [0.25, 0.3) is 5.89 Å². The predicted molar refractivity (Wildman–Crippen MR) is 49.7 cm³/mol. The molecule has 0 unspecified atom stereocenters. The number of nitrogens with zero attached hydrogens (tertiary/aromatic N) is 4. The molecular weight excluding hydrogens is 204 g/mol. The molecule has 0 radical (unpaired) electrons. The lowest BCUT2D eigenvalue weighted by atomic mass is 10.3. The summed E-state index contributed by atoms with van der Waals surface area (Å²) in [6.07, 6.45) is 3.63. The summed E-state index contributed by atoms with van der Waals surface area (Å²) in [5, 5.41) is 4.06. The fourth-order valence-corrected chi connectivity index (χ4v) is 1.14. The maximum Gasteiger partial charge on any atom is 0.262 e. The van der Waals surface area contributed by atoms with Crippen molar-refractivity contribution in [2.24, 2.45) is 0 Å². The standard InChI is InChI=1S/C8H7ClN4O/c1-2-6-12-8(14-13-6)5-3-10-4-11-7(5)9/h3-4H,2H2,1H3. The molecule has 2 heterocycles. The second-order valence-electron chi connectivity index (χ2n) is 2.60. The van der Waals surface area contributed by atoms with E-state index in [1.165, 1.54) is 6.33 Å². The summed E-state index contributed by atoms with van der Waals surface area (Å²) in [4.78, 5) is 11.8. The first-order chi connectivity index (χ1) is 6.81. The highest BCUT2D eigenvalue weighted by Gasteiger charge is 2.11. The lowest BCUT2D eigenvalue weighted by molar-refractivity contribution is 0.423. The zero-order chi connectivity index (χ0) is 9.97. The Morgan fingerprint density at radius 2 is 2.36 bits per heavy atom. The molecule has 0 saturated heterocycles. The molecule has 0 fully saturated rings. The largest absolute Gasteiger partial charge is 0.334 e. The van der Waals surface area contributed by atoms with E-state index < -0.39 is 0 Å². The van der Waals surface area contributed by atoms with Gasteiger partial charge in [0, 0.05) is 12.6 Å². The second kappa shape index (κ2) is 3.71. The summed E-state index contributed by atoms with van der Waals surface area (Å²) in [6, 6.07) is 0. The third-order valence-electron chi connectivity index (χ3n) is 1.68. The normalized spacial score (nSPS) is 10.4. The molecule has 0 aliphatic heterocycles. The van der Waals surface area contributed by atoms with Gasteiger partial charge in [-0.1, -0.05) is 23.7 Å². The molecule has 2 aromatic rings. The van der Waals surface area contributed by atoms with Gasteiger partial charge in [-0.25, -0.2) is 9.97 Å². The molecule has 0 atom stereocenters. The monoisotopic (exact) mass is 210 g/mol. The molecule has 0 saturated carbocycles. The van der Waals surface area contributed by atoms with Crippen molar-refractivity contribution in [2.45, 2.75) is 13.3 Å². The van der Waals surface area contributed by atoms with Gasteiger partial charge in [0.15, 0.2) is 5.82 Å². The Kier molecular flexibility index (Phi) is 2.41. The van der Waals surface area contributed by atoms with Crippen LogP contribution < -0.4 is 0 Å². The van der Waals surface area contributed by atoms with Crippen molar-refractivity contribution >= 4 is 11.6 Å². The molecule has 0 aliphatic rings. The number of aromatic nitrogens is 4. The van der Waals surface area contributed by atoms with Crippen molar-refractivity contribution in [3.8, 4) is 11.5 Å². The smallest absolute Gasteiger partial charge is 0.262 e. The molecule has 0 bridgehead atoms. The van der Waals surface area contributed by atoms with Gasteiger partial charge < -0.3 is 4.52 Å². The minimum absolute atomic E-state index is 0.311. The van der Waals surface area contributed by atoms with Crippen LogP contribution in [0.1, 0.15) is 12.7 Å². The topological polar surface area (TPSA) is 64.7 Å². The number of hydrogen-bond donors (Lipinski definition) is 0. The van der Waals surface area contributed by atoms with Gasteiger partial charge in [0.05, 0.1) is 5.56 Å². The molecule has 2 aromatic heterocycles. The zero-order valence-electron chi connectivity index (χ0n) is 7.44. The van der Waals surface area contributed by atoms with E-state index in [0.717, 1.165) is 6.42 Å². The van der Waals surface area contributed by atoms with E-state index in [2.05, 4.69) is 20.1 Å². The highest BCUT2D eigenvalue weighted by molar-refractivity contribution is 6.31. The minimum atomic E-state index is 0.311. The third kappa shape index (κ3) is 1.58. The second-order valence-corrected chi connectivity index (χ2v) is 2.95. The van der Waals surface area contributed by atoms with E-state index in [0.29, 0.717) is 22.4 Å². The quantitative estimate of drug-likeness (QED) is 0.707. The Labute approximate surface area is 85.1 Å². The van der Waals surface area contributed by atoms with Crippen LogP contribution >= 0.6 is 11.6 Å². The van der Waals surface area contributed by atoms with Crippen molar-refractivity contribution in [1.82, 2.24) is 20.1 Å². The summed E-state index contributed by atoms with van der Waals surface area (Å²) < 4.78 is 5.00. The minimum Gasteiger partial charge on any atom is -0.334 e. The van der Waals surface area contributed by atoms with Crippen molar-refractivity contribution in [3.63, 3.8) is 0 Å². The Hall–Kier alpha value is -1.49. The summed E-state index contributed by atoms with van der Waals surface area (Å²) in [5.74, 6) is 0.993. The number of halogens is 1. The van der Waals surface area contributed by atoms with Crippen LogP contribution in [0.2, 0.25) is 5.15 Å². The fourth-order valence-electron chi connectivity index (χ4n) is 0.965. The maximum absolute atomic E-state index is 5.83. The summed E-state index contributed by atoms with van der Waals surface area (Å²) in [5.41, 5.74) is 0.557. The summed E-state index contributed by atoms with van der Waals surface area (Å²) in [7, 11) is 0. The van der Waals surface area contributed by atoms with Gasteiger partial charge >= 0.3 is 0 Å². The van der Waals surface area contributed by atoms with Crippen molar-refractivity contribution < 1.29 is 4.52 Å². The fraction of sp³-hybridized carbons (Fsp3) is 0.250. The number of hydrogen-bond acceptors (Lipinski definition) is 5. The zero-order valence-corrected chi connectivity index (χ0v) is 8.19. The molecule has 2 rings (SSSR count). The predicted octanol–water partition coefficient (Wildman–Crippen LogP) is 1.74. The molecule has 5 nitrogen and oxygen atoms in total. The molecule has 0 amide bonds. The van der Waals surface area contributed by atoms with Crippen LogP contribution in [-0.2, 0) is 6.42 Å². The SMILES string of the molecule is CCc1noc(-c2cncnc2Cl)n1. The highest BCUT2D eigenvalue weighted by Crippen LogP contribution is 2.22. The van der Waals surface area contributed by atoms with Crippen molar-refractivity contribution in [1.29, 1.82) is 0 Å². The van der Waals surface area contributed by atoms with Crippen molar-refractivity contribution in [3.05, 3.63) is 23.5 Å². The van der Waals surface area contributed by atoms with E-state index in [1.807, 2.05) is 6.92 Å². The Morgan fingerprint density at radius 1 is 1.50 bits per heavy atom. The van der Waals surface area contributed by atoms with E-state index in [9.17, 15) is 0 Å². The van der Waals surface area contributed by atoms with Crippen LogP contribution in [0, 0.1) is 0 Å². The molecule has 14 heavy (non-hydrogen) atoms. The van der Waals surface area contributed by atoms with Crippen LogP contribution in [0.4, 0.5) is 0 Å². The summed E-state index contributed by atoms with van der Waals surface area (Å²) >= 11 is 5.83. The average molecular weight is 211 g/mol. The average Bonchev–Trinajstić information content (AvgIpc) is 2.67. The van der Waals surface area contributed by atoms with Crippen LogP contribution in [0.25, 0.3) is 11.5 Å². The first kappa shape index (κ1) is 9.08. The molecular formula is C8H7ClN4O. The van der Waals surface area contributed by atoms with E-state index in [1.54, 1.807) is 6.20 Å². The number of rotatable bonds is 2. The van der Waals surface area contributed by atoms with Gasteiger partial charge in [-0.15, -0.1) is 0 Å². The van der Waals surface area contributed by atoms with E-state index in [-0.39, 0.29) is 0 Å². The van der Waals surface area contributed by atoms with E-state index in [4.69, 9.17) is 16.1 Å². The maximum atomic E-state index is 5.83. The molecule has 0 N–H and O–H groups in total. The van der Waals surface area contributed by atoms with Crippen LogP contribution in [0.15, 0.2) is 17.0 Å². The third-order valence-corrected chi connectivity index (χ3v) is 1.98. The summed E-state index contributed by atoms with van der Waals surface area (Å²) in [6.45, 7) is 1.94. The van der Waals surface area contributed by atoms with Gasteiger partial charge in [-0.05, 0) is 0 Å². The lowest BCUT2D eigenvalue weighted by Crippen LogP contribution is -1.86. The van der Waals surface area contributed by atoms with Crippen LogP contribution in [-0.4, -0.2) is 20.1 Å². The Bertz CT molecular complexity index is 442. The first-order valence-corrected chi connectivity index (χ1v) is 4.47. The number of aryl methyl sites for hydroxylation is 1. The highest BCUT2D eigenvalue weighted by atomic mass is 35.5. The molecule has 0 aliphatic carbocycles. The van der Waals surface area contributed by atoms with Crippen LogP contribution in [0.5, 0.6) is 0 Å². The first-order valence-electron chi connectivity index (χ1n) is 4.09. The Balaban J connectivity index is 2.44. The van der Waals surface area contributed by atoms with Crippen LogP contribution in [0.3, 0.4) is 0 Å². The molecule has 72 valence electrons.